The molecule has 0 aliphatic heterocycles. The van der Waals surface area contributed by atoms with Crippen molar-refractivity contribution < 1.29 is 0 Å². The summed E-state index contributed by atoms with van der Waals surface area (Å²) < 4.78 is 0. The third-order valence-corrected chi connectivity index (χ3v) is 2.77. The van der Waals surface area contributed by atoms with Gasteiger partial charge in [0.15, 0.2) is 0 Å². The molecule has 1 heterocycles. The van der Waals surface area contributed by atoms with Crippen LogP contribution in [-0.2, 0) is 6.42 Å². The number of nitrogens with one attached hydrogen (secondary N) is 1. The van der Waals surface area contributed by atoms with E-state index < -0.39 is 0 Å². The molecule has 0 atom stereocenters. The van der Waals surface area contributed by atoms with Crippen molar-refractivity contribution in [1.82, 2.24) is 10.2 Å². The van der Waals surface area contributed by atoms with Crippen LogP contribution in [0.4, 0.5) is 5.82 Å². The number of aromatic nitrogens is 2. The molecule has 2 rings (SSSR count). The Bertz CT molecular complexity index is 479. The molecule has 2 aromatic rings. The predicted octanol–water partition coefficient (Wildman–Crippen LogP) is 2.89. The van der Waals surface area contributed by atoms with E-state index in [0.717, 1.165) is 11.3 Å². The fraction of sp³-hybridized carbons (Fsp3) is 0.100. The minimum Gasteiger partial charge on any atom is -0.382 e. The second kappa shape index (κ2) is 4.13. The van der Waals surface area contributed by atoms with Crippen LogP contribution in [0.15, 0.2) is 24.3 Å². The summed E-state index contributed by atoms with van der Waals surface area (Å²) in [5.74, 6) is 0.491. The van der Waals surface area contributed by atoms with Crippen LogP contribution < -0.4 is 5.73 Å². The van der Waals surface area contributed by atoms with Gasteiger partial charge in [-0.3, -0.25) is 5.10 Å². The number of nitrogens with two attached hydrogens (primary N) is 1. The fourth-order valence-electron chi connectivity index (χ4n) is 1.34. The molecule has 0 aliphatic carbocycles. The minimum atomic E-state index is 0.491. The van der Waals surface area contributed by atoms with E-state index in [1.165, 1.54) is 0 Å². The molecule has 78 valence electrons. The van der Waals surface area contributed by atoms with E-state index in [1.54, 1.807) is 12.1 Å². The van der Waals surface area contributed by atoms with E-state index in [2.05, 4.69) is 10.2 Å². The largest absolute Gasteiger partial charge is 0.382 e. The summed E-state index contributed by atoms with van der Waals surface area (Å²) in [6, 6.07) is 7.33. The number of hydrogen-bond acceptors (Lipinski definition) is 2. The Morgan fingerprint density at radius 3 is 2.60 bits per heavy atom. The summed E-state index contributed by atoms with van der Waals surface area (Å²) in [5, 5.41) is 7.80. The van der Waals surface area contributed by atoms with Gasteiger partial charge in [-0.25, -0.2) is 0 Å². The van der Waals surface area contributed by atoms with Crippen molar-refractivity contribution in [2.75, 3.05) is 5.73 Å². The van der Waals surface area contributed by atoms with Gasteiger partial charge in [0.05, 0.1) is 10.0 Å². The van der Waals surface area contributed by atoms with Gasteiger partial charge in [0.1, 0.15) is 5.82 Å². The first-order chi connectivity index (χ1) is 7.15. The van der Waals surface area contributed by atoms with Gasteiger partial charge in [0.25, 0.3) is 0 Å². The molecule has 0 radical (unpaired) electrons. The molecule has 0 saturated carbocycles. The monoisotopic (exact) mass is 241 g/mol. The molecule has 0 unspecified atom stereocenters. The number of nitrogens with zero attached hydrogens (tertiary/aromatic N) is 1. The lowest BCUT2D eigenvalue weighted by atomic mass is 10.1. The molecule has 15 heavy (non-hydrogen) atoms. The zero-order valence-electron chi connectivity index (χ0n) is 7.80. The van der Waals surface area contributed by atoms with Crippen molar-refractivity contribution in [2.24, 2.45) is 0 Å². The van der Waals surface area contributed by atoms with Crippen molar-refractivity contribution in [1.29, 1.82) is 0 Å². The van der Waals surface area contributed by atoms with Gasteiger partial charge in [-0.1, -0.05) is 29.3 Å². The summed E-state index contributed by atoms with van der Waals surface area (Å²) in [7, 11) is 0. The SMILES string of the molecule is Nc1cc(Cc2ccc(Cl)c(Cl)c2)[nH]n1. The van der Waals surface area contributed by atoms with Gasteiger partial charge < -0.3 is 5.73 Å². The number of H-pyrrole nitrogens is 1. The van der Waals surface area contributed by atoms with Crippen LogP contribution in [0.5, 0.6) is 0 Å². The van der Waals surface area contributed by atoms with Crippen LogP contribution in [0.25, 0.3) is 0 Å². The fourth-order valence-corrected chi connectivity index (χ4v) is 1.66. The Labute approximate surface area is 97.2 Å². The number of rotatable bonds is 2. The Hall–Kier alpha value is -1.19. The standard InChI is InChI=1S/C10H9Cl2N3/c11-8-2-1-6(4-9(8)12)3-7-5-10(13)15-14-7/h1-2,4-5H,3H2,(H3,13,14,15). The first-order valence-corrected chi connectivity index (χ1v) is 5.14. The third kappa shape index (κ3) is 2.43. The number of anilines is 1. The third-order valence-electron chi connectivity index (χ3n) is 2.03. The van der Waals surface area contributed by atoms with E-state index in [0.29, 0.717) is 22.3 Å². The van der Waals surface area contributed by atoms with E-state index in [1.807, 2.05) is 12.1 Å². The number of hydrogen-bond donors (Lipinski definition) is 2. The predicted molar refractivity (Wildman–Crippen MR) is 62.3 cm³/mol. The van der Waals surface area contributed by atoms with Gasteiger partial charge >= 0.3 is 0 Å². The van der Waals surface area contributed by atoms with Crippen LogP contribution in [0.1, 0.15) is 11.3 Å². The molecular weight excluding hydrogens is 233 g/mol. The molecule has 0 amide bonds. The zero-order valence-corrected chi connectivity index (χ0v) is 9.31. The van der Waals surface area contributed by atoms with Crippen LogP contribution in [0, 0.1) is 0 Å². The molecule has 0 aliphatic rings. The lowest BCUT2D eigenvalue weighted by Crippen LogP contribution is -1.88. The van der Waals surface area contributed by atoms with Gasteiger partial charge in [-0.2, -0.15) is 5.10 Å². The first-order valence-electron chi connectivity index (χ1n) is 4.39. The number of aromatic amines is 1. The van der Waals surface area contributed by atoms with Crippen LogP contribution in [-0.4, -0.2) is 10.2 Å². The minimum absolute atomic E-state index is 0.491. The average Bonchev–Trinajstić information content (AvgIpc) is 2.58. The van der Waals surface area contributed by atoms with Gasteiger partial charge in [0, 0.05) is 18.2 Å². The highest BCUT2D eigenvalue weighted by atomic mass is 35.5. The highest BCUT2D eigenvalue weighted by molar-refractivity contribution is 6.42. The first kappa shape index (κ1) is 10.3. The Balaban J connectivity index is 2.21. The molecule has 0 bridgehead atoms. The lowest BCUT2D eigenvalue weighted by molar-refractivity contribution is 1.000. The summed E-state index contributed by atoms with van der Waals surface area (Å²) >= 11 is 11.7. The average molecular weight is 242 g/mol. The van der Waals surface area contributed by atoms with Crippen molar-refractivity contribution in [3.63, 3.8) is 0 Å². The Morgan fingerprint density at radius 1 is 1.20 bits per heavy atom. The van der Waals surface area contributed by atoms with Crippen molar-refractivity contribution in [3.8, 4) is 0 Å². The Morgan fingerprint density at radius 2 is 2.00 bits per heavy atom. The summed E-state index contributed by atoms with van der Waals surface area (Å²) in [6.45, 7) is 0. The van der Waals surface area contributed by atoms with Crippen LogP contribution in [0.2, 0.25) is 10.0 Å². The van der Waals surface area contributed by atoms with Gasteiger partial charge in [0.2, 0.25) is 0 Å². The van der Waals surface area contributed by atoms with E-state index in [9.17, 15) is 0 Å². The lowest BCUT2D eigenvalue weighted by Gasteiger charge is -2.00. The maximum atomic E-state index is 5.90. The summed E-state index contributed by atoms with van der Waals surface area (Å²) in [6.07, 6.45) is 0.709. The Kier molecular flexibility index (Phi) is 2.84. The topological polar surface area (TPSA) is 54.7 Å². The zero-order chi connectivity index (χ0) is 10.8. The highest BCUT2D eigenvalue weighted by Crippen LogP contribution is 2.23. The van der Waals surface area contributed by atoms with E-state index in [4.69, 9.17) is 28.9 Å². The molecule has 0 fully saturated rings. The number of nitrogen functional groups attached to an aromatic ring is 1. The quantitative estimate of drug-likeness (QED) is 0.850. The smallest absolute Gasteiger partial charge is 0.145 e. The second-order valence-corrected chi connectivity index (χ2v) is 4.06. The van der Waals surface area contributed by atoms with E-state index in [-0.39, 0.29) is 0 Å². The molecule has 1 aromatic carbocycles. The van der Waals surface area contributed by atoms with E-state index >= 15 is 0 Å². The summed E-state index contributed by atoms with van der Waals surface area (Å²) in [5.41, 5.74) is 7.51. The second-order valence-electron chi connectivity index (χ2n) is 3.24. The molecule has 5 heteroatoms. The number of halogens is 2. The molecule has 3 N–H and O–H groups in total. The number of benzene rings is 1. The highest BCUT2D eigenvalue weighted by Gasteiger charge is 2.02. The van der Waals surface area contributed by atoms with Crippen molar-refractivity contribution in [2.45, 2.75) is 6.42 Å². The molecule has 1 aromatic heterocycles. The maximum absolute atomic E-state index is 5.90. The molecular formula is C10H9Cl2N3. The van der Waals surface area contributed by atoms with Crippen LogP contribution in [0.3, 0.4) is 0 Å². The maximum Gasteiger partial charge on any atom is 0.145 e. The molecule has 0 spiro atoms. The van der Waals surface area contributed by atoms with Crippen molar-refractivity contribution >= 4 is 29.0 Å². The van der Waals surface area contributed by atoms with Crippen LogP contribution >= 0.6 is 23.2 Å². The van der Waals surface area contributed by atoms with Gasteiger partial charge in [-0.15, -0.1) is 0 Å². The van der Waals surface area contributed by atoms with Crippen molar-refractivity contribution in [3.05, 3.63) is 45.6 Å². The summed E-state index contributed by atoms with van der Waals surface area (Å²) in [4.78, 5) is 0. The molecule has 0 saturated heterocycles. The van der Waals surface area contributed by atoms with Gasteiger partial charge in [-0.05, 0) is 17.7 Å². The molecule has 3 nitrogen and oxygen atoms in total. The normalized spacial score (nSPS) is 10.5.